The Morgan fingerprint density at radius 3 is 2.24 bits per heavy atom. The molecule has 0 aliphatic heterocycles. The maximum atomic E-state index is 12.8. The maximum Gasteiger partial charge on any atom is 0.279 e. The molecule has 0 radical (unpaired) electrons. The Morgan fingerprint density at radius 2 is 1.60 bits per heavy atom. The number of halogens is 1. The highest BCUT2D eigenvalue weighted by Crippen LogP contribution is 2.10. The molecular weight excluding hydrogens is 321 g/mol. The van der Waals surface area contributed by atoms with E-state index in [-0.39, 0.29) is 36.8 Å². The molecule has 25 heavy (non-hydrogen) atoms. The lowest BCUT2D eigenvalue weighted by Crippen LogP contribution is -3.11. The van der Waals surface area contributed by atoms with Gasteiger partial charge in [-0.1, -0.05) is 30.3 Å². The van der Waals surface area contributed by atoms with Crippen molar-refractivity contribution in [3.63, 3.8) is 0 Å². The highest BCUT2D eigenvalue weighted by molar-refractivity contribution is 5.91. The molecular formula is C19H23FN3O2+. The first-order chi connectivity index (χ1) is 11.9. The van der Waals surface area contributed by atoms with Gasteiger partial charge in [-0.05, 0) is 36.8 Å². The highest BCUT2D eigenvalue weighted by atomic mass is 19.1. The van der Waals surface area contributed by atoms with Gasteiger partial charge in [0.05, 0.1) is 13.1 Å². The lowest BCUT2D eigenvalue weighted by atomic mass is 10.1. The molecule has 0 fully saturated rings. The Hall–Kier alpha value is -2.73. The van der Waals surface area contributed by atoms with E-state index in [2.05, 4.69) is 10.6 Å². The summed E-state index contributed by atoms with van der Waals surface area (Å²) in [5.41, 5.74) is 1.56. The van der Waals surface area contributed by atoms with Crippen molar-refractivity contribution >= 4 is 17.5 Å². The van der Waals surface area contributed by atoms with Crippen molar-refractivity contribution in [1.82, 2.24) is 5.32 Å². The fraction of sp³-hybridized carbons (Fsp3) is 0.263. The van der Waals surface area contributed by atoms with Gasteiger partial charge < -0.3 is 15.5 Å². The van der Waals surface area contributed by atoms with E-state index >= 15 is 0 Å². The molecule has 0 aliphatic rings. The molecule has 0 spiro atoms. The Morgan fingerprint density at radius 1 is 1.00 bits per heavy atom. The second-order valence-corrected chi connectivity index (χ2v) is 6.07. The summed E-state index contributed by atoms with van der Waals surface area (Å²) in [6, 6.07) is 15.2. The highest BCUT2D eigenvalue weighted by Gasteiger charge is 2.16. The molecule has 0 aliphatic carbocycles. The molecule has 0 saturated heterocycles. The van der Waals surface area contributed by atoms with Crippen molar-refractivity contribution in [2.75, 3.05) is 25.5 Å². The third-order valence-corrected chi connectivity index (χ3v) is 3.73. The smallest absolute Gasteiger partial charge is 0.279 e. The van der Waals surface area contributed by atoms with Gasteiger partial charge in [0.25, 0.3) is 11.8 Å². The zero-order valence-corrected chi connectivity index (χ0v) is 14.4. The summed E-state index contributed by atoms with van der Waals surface area (Å²) in [5.74, 6) is -0.707. The Labute approximate surface area is 146 Å². The SMILES string of the molecule is C[C@H](NC(=O)C[NH+](C)CC(=O)Nc1ccc(F)cc1)c1ccccc1. The minimum Gasteiger partial charge on any atom is -0.345 e. The predicted octanol–water partition coefficient (Wildman–Crippen LogP) is 1.16. The van der Waals surface area contributed by atoms with E-state index in [9.17, 15) is 14.0 Å². The summed E-state index contributed by atoms with van der Waals surface area (Å²) in [7, 11) is 1.77. The van der Waals surface area contributed by atoms with Crippen LogP contribution in [-0.4, -0.2) is 32.0 Å². The molecule has 0 saturated carbocycles. The summed E-state index contributed by atoms with van der Waals surface area (Å²) < 4.78 is 12.8. The van der Waals surface area contributed by atoms with E-state index in [0.29, 0.717) is 5.69 Å². The minimum atomic E-state index is -0.357. The number of nitrogens with one attached hydrogen (secondary N) is 3. The first-order valence-electron chi connectivity index (χ1n) is 8.15. The number of hydrogen-bond donors (Lipinski definition) is 3. The molecule has 1 unspecified atom stereocenters. The van der Waals surface area contributed by atoms with Crippen LogP contribution < -0.4 is 15.5 Å². The summed E-state index contributed by atoms with van der Waals surface area (Å²) in [5, 5.41) is 5.60. The van der Waals surface area contributed by atoms with E-state index < -0.39 is 0 Å². The molecule has 0 aromatic heterocycles. The number of carbonyl (C=O) groups excluding carboxylic acids is 2. The van der Waals surface area contributed by atoms with Crippen LogP contribution in [0.2, 0.25) is 0 Å². The Balaban J connectivity index is 1.76. The third kappa shape index (κ3) is 6.35. The number of likely N-dealkylation sites (N-methyl/N-ethyl adjacent to an activating group) is 1. The molecule has 6 heteroatoms. The topological polar surface area (TPSA) is 62.6 Å². The average Bonchev–Trinajstić information content (AvgIpc) is 2.57. The van der Waals surface area contributed by atoms with Crippen molar-refractivity contribution in [2.24, 2.45) is 0 Å². The standard InChI is InChI=1S/C19H22FN3O2/c1-14(15-6-4-3-5-7-15)21-18(24)12-23(2)13-19(25)22-17-10-8-16(20)9-11-17/h3-11,14H,12-13H2,1-2H3,(H,21,24)(H,22,25)/p+1/t14-/m0/s1. The average molecular weight is 344 g/mol. The van der Waals surface area contributed by atoms with Crippen LogP contribution in [0, 0.1) is 5.82 Å². The molecule has 5 nitrogen and oxygen atoms in total. The van der Waals surface area contributed by atoms with Crippen molar-refractivity contribution in [2.45, 2.75) is 13.0 Å². The molecule has 2 aromatic rings. The molecule has 2 amide bonds. The predicted molar refractivity (Wildman–Crippen MR) is 94.7 cm³/mol. The maximum absolute atomic E-state index is 12.8. The molecule has 0 bridgehead atoms. The first kappa shape index (κ1) is 18.6. The lowest BCUT2D eigenvalue weighted by Gasteiger charge is -2.17. The zero-order chi connectivity index (χ0) is 18.2. The van der Waals surface area contributed by atoms with E-state index in [0.717, 1.165) is 10.5 Å². The van der Waals surface area contributed by atoms with Crippen LogP contribution >= 0.6 is 0 Å². The number of carbonyl (C=O) groups is 2. The van der Waals surface area contributed by atoms with Crippen LogP contribution in [0.4, 0.5) is 10.1 Å². The molecule has 0 heterocycles. The molecule has 2 aromatic carbocycles. The van der Waals surface area contributed by atoms with E-state index in [4.69, 9.17) is 0 Å². The van der Waals surface area contributed by atoms with Crippen LogP contribution in [0.1, 0.15) is 18.5 Å². The second-order valence-electron chi connectivity index (χ2n) is 6.07. The van der Waals surface area contributed by atoms with Gasteiger partial charge in [-0.25, -0.2) is 4.39 Å². The monoisotopic (exact) mass is 344 g/mol. The number of benzene rings is 2. The second kappa shape index (κ2) is 8.94. The van der Waals surface area contributed by atoms with Crippen molar-refractivity contribution in [1.29, 1.82) is 0 Å². The van der Waals surface area contributed by atoms with E-state index in [1.54, 1.807) is 7.05 Å². The van der Waals surface area contributed by atoms with Gasteiger partial charge in [0.1, 0.15) is 5.82 Å². The fourth-order valence-electron chi connectivity index (χ4n) is 2.47. The van der Waals surface area contributed by atoms with Gasteiger partial charge in [-0.15, -0.1) is 0 Å². The third-order valence-electron chi connectivity index (χ3n) is 3.73. The van der Waals surface area contributed by atoms with Crippen LogP contribution in [0.25, 0.3) is 0 Å². The number of quaternary nitrogens is 1. The fourth-order valence-corrected chi connectivity index (χ4v) is 2.47. The lowest BCUT2D eigenvalue weighted by molar-refractivity contribution is -0.862. The van der Waals surface area contributed by atoms with Crippen LogP contribution in [0.5, 0.6) is 0 Å². The summed E-state index contributed by atoms with van der Waals surface area (Å²) >= 11 is 0. The normalized spacial score (nSPS) is 12.9. The van der Waals surface area contributed by atoms with Crippen LogP contribution in [0.3, 0.4) is 0 Å². The Kier molecular flexibility index (Phi) is 6.65. The van der Waals surface area contributed by atoms with Crippen molar-refractivity contribution in [3.8, 4) is 0 Å². The molecule has 3 N–H and O–H groups in total. The van der Waals surface area contributed by atoms with Crippen LogP contribution in [0.15, 0.2) is 54.6 Å². The Bertz CT molecular complexity index is 704. The first-order valence-corrected chi connectivity index (χ1v) is 8.15. The quantitative estimate of drug-likeness (QED) is 0.706. The van der Waals surface area contributed by atoms with Gasteiger partial charge in [0.2, 0.25) is 0 Å². The molecule has 2 atom stereocenters. The van der Waals surface area contributed by atoms with Crippen molar-refractivity contribution in [3.05, 3.63) is 66.0 Å². The number of anilines is 1. The van der Waals surface area contributed by atoms with Crippen LogP contribution in [-0.2, 0) is 9.59 Å². The van der Waals surface area contributed by atoms with Crippen molar-refractivity contribution < 1.29 is 18.9 Å². The summed E-state index contributed by atoms with van der Waals surface area (Å²) in [4.78, 5) is 24.8. The minimum absolute atomic E-state index is 0.0884. The number of amides is 2. The van der Waals surface area contributed by atoms with Gasteiger partial charge in [-0.2, -0.15) is 0 Å². The van der Waals surface area contributed by atoms with Gasteiger partial charge in [0, 0.05) is 5.69 Å². The van der Waals surface area contributed by atoms with Gasteiger partial charge in [0.15, 0.2) is 13.1 Å². The van der Waals surface area contributed by atoms with E-state index in [1.807, 2.05) is 37.3 Å². The van der Waals surface area contributed by atoms with Gasteiger partial charge >= 0.3 is 0 Å². The molecule has 132 valence electrons. The number of hydrogen-bond acceptors (Lipinski definition) is 2. The summed E-state index contributed by atoms with van der Waals surface area (Å²) in [6.45, 7) is 2.25. The summed E-state index contributed by atoms with van der Waals surface area (Å²) in [6.07, 6.45) is 0. The van der Waals surface area contributed by atoms with Gasteiger partial charge in [-0.3, -0.25) is 9.59 Å². The number of rotatable bonds is 7. The zero-order valence-electron chi connectivity index (χ0n) is 14.4. The molecule has 2 rings (SSSR count). The van der Waals surface area contributed by atoms with E-state index in [1.165, 1.54) is 24.3 Å². The largest absolute Gasteiger partial charge is 0.345 e.